The van der Waals surface area contributed by atoms with Crippen molar-refractivity contribution in [3.05, 3.63) is 54.1 Å². The topological polar surface area (TPSA) is 138 Å². The molecule has 5 N–H and O–H groups in total. The lowest BCUT2D eigenvalue weighted by molar-refractivity contribution is -0.114. The summed E-state index contributed by atoms with van der Waals surface area (Å²) < 4.78 is 6.80. The lowest BCUT2D eigenvalue weighted by Crippen LogP contribution is -2.21. The molecule has 0 saturated carbocycles. The van der Waals surface area contributed by atoms with Crippen molar-refractivity contribution in [2.45, 2.75) is 13.0 Å². The number of aromatic nitrogens is 4. The molecule has 0 aliphatic heterocycles. The van der Waals surface area contributed by atoms with Gasteiger partial charge in [-0.15, -0.1) is 0 Å². The van der Waals surface area contributed by atoms with Crippen LogP contribution >= 0.6 is 0 Å². The predicted octanol–water partition coefficient (Wildman–Crippen LogP) is 1.81. The van der Waals surface area contributed by atoms with Gasteiger partial charge in [0.15, 0.2) is 17.3 Å². The Hall–Kier alpha value is -3.72. The van der Waals surface area contributed by atoms with Gasteiger partial charge < -0.3 is 21.4 Å². The molecule has 2 heterocycles. The summed E-state index contributed by atoms with van der Waals surface area (Å²) in [5.74, 6) is 0.601. The molecule has 0 unspecified atom stereocenters. The molecule has 4 rings (SSSR count). The van der Waals surface area contributed by atoms with Crippen molar-refractivity contribution in [3.63, 3.8) is 0 Å². The summed E-state index contributed by atoms with van der Waals surface area (Å²) in [4.78, 5) is 16.0. The third-order valence-electron chi connectivity index (χ3n) is 4.43. The lowest BCUT2D eigenvalue weighted by Gasteiger charge is -2.09. The molecular formula is C19H19N7O2. The molecule has 0 aliphatic carbocycles. The molecule has 2 aromatic heterocycles. The van der Waals surface area contributed by atoms with Crippen LogP contribution in [0, 0.1) is 0 Å². The smallest absolute Gasteiger partial charge is 0.238 e. The first-order chi connectivity index (χ1) is 13.7. The van der Waals surface area contributed by atoms with Crippen LogP contribution in [-0.4, -0.2) is 32.3 Å². The summed E-state index contributed by atoms with van der Waals surface area (Å²) in [5, 5.41) is 10.3. The van der Waals surface area contributed by atoms with E-state index in [-0.39, 0.29) is 18.3 Å². The molecule has 0 spiro atoms. The van der Waals surface area contributed by atoms with Crippen LogP contribution in [0.5, 0.6) is 0 Å². The van der Waals surface area contributed by atoms with Crippen molar-refractivity contribution in [1.29, 1.82) is 0 Å². The maximum absolute atomic E-state index is 11.4. The second kappa shape index (κ2) is 7.49. The molecule has 0 fully saturated rings. The number of fused-ring (bicyclic) bond motifs is 1. The van der Waals surface area contributed by atoms with Gasteiger partial charge in [-0.1, -0.05) is 24.3 Å². The van der Waals surface area contributed by atoms with Crippen LogP contribution in [-0.2, 0) is 17.8 Å². The quantitative estimate of drug-likeness (QED) is 0.466. The highest BCUT2D eigenvalue weighted by Gasteiger charge is 2.18. The van der Waals surface area contributed by atoms with Gasteiger partial charge in [0.25, 0.3) is 0 Å². The predicted molar refractivity (Wildman–Crippen MR) is 105 cm³/mol. The first kappa shape index (κ1) is 17.7. The van der Waals surface area contributed by atoms with Gasteiger partial charge in [-0.25, -0.2) is 9.61 Å². The zero-order valence-corrected chi connectivity index (χ0v) is 15.0. The van der Waals surface area contributed by atoms with Crippen molar-refractivity contribution in [2.75, 3.05) is 17.6 Å². The van der Waals surface area contributed by atoms with Gasteiger partial charge >= 0.3 is 0 Å². The second-order valence-electron chi connectivity index (χ2n) is 6.27. The SMILES string of the molecule is NCC(=O)Nc1ccc(CCn2c(-c3nonc3N)nc3ccccc32)cc1. The summed E-state index contributed by atoms with van der Waals surface area (Å²) in [7, 11) is 0. The molecule has 28 heavy (non-hydrogen) atoms. The van der Waals surface area contributed by atoms with Gasteiger partial charge in [0, 0.05) is 12.2 Å². The fraction of sp³-hybridized carbons (Fsp3) is 0.158. The number of carbonyl (C=O) groups excluding carboxylic acids is 1. The first-order valence-electron chi connectivity index (χ1n) is 8.78. The van der Waals surface area contributed by atoms with E-state index in [0.717, 1.165) is 28.7 Å². The zero-order chi connectivity index (χ0) is 19.5. The number of aryl methyl sites for hydroxylation is 2. The Morgan fingerprint density at radius 1 is 1.11 bits per heavy atom. The summed E-state index contributed by atoms with van der Waals surface area (Å²) in [6, 6.07) is 15.5. The number of para-hydroxylation sites is 2. The summed E-state index contributed by atoms with van der Waals surface area (Å²) >= 11 is 0. The Kier molecular flexibility index (Phi) is 4.73. The van der Waals surface area contributed by atoms with Crippen LogP contribution in [0.4, 0.5) is 11.5 Å². The average molecular weight is 377 g/mol. The molecule has 142 valence electrons. The number of nitrogen functional groups attached to an aromatic ring is 1. The molecule has 2 aromatic carbocycles. The molecule has 0 atom stereocenters. The molecule has 9 heteroatoms. The fourth-order valence-corrected chi connectivity index (χ4v) is 3.04. The summed E-state index contributed by atoms with van der Waals surface area (Å²) in [5.41, 5.74) is 15.3. The van der Waals surface area contributed by atoms with Crippen LogP contribution in [0.15, 0.2) is 53.2 Å². The largest absolute Gasteiger partial charge is 0.379 e. The normalized spacial score (nSPS) is 11.0. The number of nitrogens with zero attached hydrogens (tertiary/aromatic N) is 4. The minimum Gasteiger partial charge on any atom is -0.379 e. The van der Waals surface area contributed by atoms with E-state index < -0.39 is 0 Å². The number of benzene rings is 2. The molecule has 0 radical (unpaired) electrons. The van der Waals surface area contributed by atoms with Gasteiger partial charge in [0.1, 0.15) is 0 Å². The van der Waals surface area contributed by atoms with Gasteiger partial charge in [-0.2, -0.15) is 0 Å². The minimum atomic E-state index is -0.221. The maximum Gasteiger partial charge on any atom is 0.238 e. The number of amides is 1. The number of hydrogen-bond donors (Lipinski definition) is 3. The van der Waals surface area contributed by atoms with Gasteiger partial charge in [0.2, 0.25) is 5.91 Å². The van der Waals surface area contributed by atoms with E-state index in [9.17, 15) is 4.79 Å². The summed E-state index contributed by atoms with van der Waals surface area (Å²) in [6.45, 7) is 0.620. The standard InChI is InChI=1S/C19H19N7O2/c20-11-16(27)22-13-7-5-12(6-8-13)9-10-26-15-4-2-1-3-14(15)23-19(26)17-18(21)25-28-24-17/h1-8H,9-11,20H2,(H2,21,25)(H,22,27). The number of rotatable bonds is 6. The fourth-order valence-electron chi connectivity index (χ4n) is 3.04. The van der Waals surface area contributed by atoms with Crippen LogP contribution in [0.2, 0.25) is 0 Å². The molecule has 1 amide bonds. The van der Waals surface area contributed by atoms with E-state index in [4.69, 9.17) is 16.1 Å². The lowest BCUT2D eigenvalue weighted by atomic mass is 10.1. The molecule has 4 aromatic rings. The Bertz CT molecular complexity index is 1110. The zero-order valence-electron chi connectivity index (χ0n) is 15.0. The second-order valence-corrected chi connectivity index (χ2v) is 6.27. The number of carbonyl (C=O) groups is 1. The van der Waals surface area contributed by atoms with Crippen LogP contribution in [0.25, 0.3) is 22.6 Å². The highest BCUT2D eigenvalue weighted by molar-refractivity contribution is 5.92. The Morgan fingerprint density at radius 3 is 2.61 bits per heavy atom. The molecule has 0 bridgehead atoms. The van der Waals surface area contributed by atoms with Gasteiger partial charge in [-0.05, 0) is 46.6 Å². The van der Waals surface area contributed by atoms with E-state index >= 15 is 0 Å². The molecular weight excluding hydrogens is 358 g/mol. The monoisotopic (exact) mass is 377 g/mol. The van der Waals surface area contributed by atoms with E-state index in [1.165, 1.54) is 0 Å². The number of anilines is 2. The highest BCUT2D eigenvalue weighted by atomic mass is 16.6. The Labute approximate surface area is 160 Å². The Balaban J connectivity index is 1.59. The van der Waals surface area contributed by atoms with E-state index in [2.05, 4.69) is 25.2 Å². The number of hydrogen-bond acceptors (Lipinski definition) is 7. The molecule has 9 nitrogen and oxygen atoms in total. The third-order valence-corrected chi connectivity index (χ3v) is 4.43. The average Bonchev–Trinajstić information content (AvgIpc) is 3.30. The summed E-state index contributed by atoms with van der Waals surface area (Å²) in [6.07, 6.45) is 0.754. The highest BCUT2D eigenvalue weighted by Crippen LogP contribution is 2.27. The number of nitrogens with two attached hydrogens (primary N) is 2. The molecule has 0 aliphatic rings. The van der Waals surface area contributed by atoms with Gasteiger partial charge in [0.05, 0.1) is 17.6 Å². The van der Waals surface area contributed by atoms with E-state index in [1.807, 2.05) is 48.5 Å². The number of imidazole rings is 1. The third kappa shape index (κ3) is 3.42. The van der Waals surface area contributed by atoms with Crippen LogP contribution < -0.4 is 16.8 Å². The van der Waals surface area contributed by atoms with Gasteiger partial charge in [-0.3, -0.25) is 4.79 Å². The van der Waals surface area contributed by atoms with E-state index in [1.54, 1.807) is 0 Å². The Morgan fingerprint density at radius 2 is 1.89 bits per heavy atom. The number of nitrogens with one attached hydrogen (secondary N) is 1. The van der Waals surface area contributed by atoms with Crippen LogP contribution in [0.1, 0.15) is 5.56 Å². The van der Waals surface area contributed by atoms with Crippen molar-refractivity contribution in [2.24, 2.45) is 5.73 Å². The van der Waals surface area contributed by atoms with Crippen LogP contribution in [0.3, 0.4) is 0 Å². The van der Waals surface area contributed by atoms with Crippen molar-refractivity contribution < 1.29 is 9.42 Å². The first-order valence-corrected chi connectivity index (χ1v) is 8.78. The van der Waals surface area contributed by atoms with Crippen molar-refractivity contribution in [3.8, 4) is 11.5 Å². The minimum absolute atomic E-state index is 0.0434. The van der Waals surface area contributed by atoms with Crippen molar-refractivity contribution in [1.82, 2.24) is 19.9 Å². The van der Waals surface area contributed by atoms with Crippen molar-refractivity contribution >= 4 is 28.4 Å². The molecule has 0 saturated heterocycles. The maximum atomic E-state index is 11.4. The van der Waals surface area contributed by atoms with E-state index in [0.29, 0.717) is 18.1 Å².